The Morgan fingerprint density at radius 3 is 2.51 bits per heavy atom. The topological polar surface area (TPSA) is 49.9 Å². The van der Waals surface area contributed by atoms with Gasteiger partial charge in [0.1, 0.15) is 19.0 Å². The number of fused-ring (bicyclic) bond motifs is 1. The minimum absolute atomic E-state index is 0.0286. The molecule has 1 atom stereocenters. The Kier molecular flexibility index (Phi) is 6.81. The first-order valence-corrected chi connectivity index (χ1v) is 12.7. The lowest BCUT2D eigenvalue weighted by atomic mass is 10.00. The number of rotatable bonds is 8. The van der Waals surface area contributed by atoms with E-state index in [-0.39, 0.29) is 30.4 Å². The van der Waals surface area contributed by atoms with Crippen LogP contribution in [0.1, 0.15) is 39.7 Å². The fraction of sp³-hybridized carbons (Fsp3) is 0.333. The highest BCUT2D eigenvalue weighted by Crippen LogP contribution is 2.35. The molecule has 2 amide bonds. The van der Waals surface area contributed by atoms with Gasteiger partial charge >= 0.3 is 0 Å². The van der Waals surface area contributed by atoms with E-state index in [9.17, 15) is 18.4 Å². The molecule has 1 unspecified atom stereocenters. The smallest absolute Gasteiger partial charge is 0.257 e. The Labute approximate surface area is 206 Å². The molecule has 2 aliphatic rings. The van der Waals surface area contributed by atoms with Crippen molar-refractivity contribution in [2.24, 2.45) is 5.92 Å². The van der Waals surface area contributed by atoms with Crippen LogP contribution in [0.5, 0.6) is 5.75 Å². The van der Waals surface area contributed by atoms with Crippen LogP contribution in [0.4, 0.5) is 8.78 Å². The summed E-state index contributed by atoms with van der Waals surface area (Å²) in [7, 11) is 0. The summed E-state index contributed by atoms with van der Waals surface area (Å²) in [5.41, 5.74) is 0.958. The fourth-order valence-electron chi connectivity index (χ4n) is 4.50. The fourth-order valence-corrected chi connectivity index (χ4v) is 5.42. The normalized spacial score (nSPS) is 17.1. The largest absolute Gasteiger partial charge is 0.488 e. The molecule has 0 N–H and O–H groups in total. The Balaban J connectivity index is 1.36. The van der Waals surface area contributed by atoms with Crippen LogP contribution >= 0.6 is 11.3 Å². The van der Waals surface area contributed by atoms with Gasteiger partial charge in [-0.25, -0.2) is 8.78 Å². The highest BCUT2D eigenvalue weighted by Gasteiger charge is 2.35. The maximum Gasteiger partial charge on any atom is 0.257 e. The number of nitrogens with zero attached hydrogens (tertiary/aromatic N) is 2. The van der Waals surface area contributed by atoms with E-state index in [1.807, 2.05) is 11.4 Å². The summed E-state index contributed by atoms with van der Waals surface area (Å²) in [4.78, 5) is 31.1. The predicted molar refractivity (Wildman–Crippen MR) is 129 cm³/mol. The SMILES string of the molecule is O=C(c1ccccc1F)N(CC(=O)N1CCc2sccc2C1COc1ccccc1F)CC1CC1. The van der Waals surface area contributed by atoms with Crippen molar-refractivity contribution < 1.29 is 23.1 Å². The van der Waals surface area contributed by atoms with Crippen LogP contribution in [0.2, 0.25) is 0 Å². The van der Waals surface area contributed by atoms with Gasteiger partial charge in [0.05, 0.1) is 11.6 Å². The predicted octanol–water partition coefficient (Wildman–Crippen LogP) is 5.08. The monoisotopic (exact) mass is 496 g/mol. The molecule has 0 spiro atoms. The molecule has 0 saturated heterocycles. The van der Waals surface area contributed by atoms with Gasteiger partial charge < -0.3 is 14.5 Å². The third-order valence-corrected chi connectivity index (χ3v) is 7.54. The second-order valence-corrected chi connectivity index (χ2v) is 10.0. The van der Waals surface area contributed by atoms with Crippen LogP contribution in [0, 0.1) is 17.6 Å². The first-order valence-electron chi connectivity index (χ1n) is 11.8. The van der Waals surface area contributed by atoms with E-state index in [0.29, 0.717) is 25.4 Å². The summed E-state index contributed by atoms with van der Waals surface area (Å²) in [6, 6.07) is 13.6. The van der Waals surface area contributed by atoms with E-state index in [1.165, 1.54) is 34.0 Å². The number of thiophene rings is 1. The molecule has 3 aromatic rings. The summed E-state index contributed by atoms with van der Waals surface area (Å²) in [5.74, 6) is -1.29. The molecule has 5 nitrogen and oxygen atoms in total. The number of amides is 2. The molecule has 35 heavy (non-hydrogen) atoms. The molecule has 5 rings (SSSR count). The number of ether oxygens (including phenoxy) is 1. The van der Waals surface area contributed by atoms with E-state index < -0.39 is 23.6 Å². The third kappa shape index (κ3) is 5.22. The number of hydrogen-bond donors (Lipinski definition) is 0. The minimum Gasteiger partial charge on any atom is -0.488 e. The maximum absolute atomic E-state index is 14.3. The molecular formula is C27H26F2N2O3S. The van der Waals surface area contributed by atoms with E-state index in [2.05, 4.69) is 0 Å². The zero-order valence-corrected chi connectivity index (χ0v) is 20.0. The molecule has 2 heterocycles. The Morgan fingerprint density at radius 1 is 1.03 bits per heavy atom. The van der Waals surface area contributed by atoms with Crippen molar-refractivity contribution in [3.05, 3.63) is 87.6 Å². The number of carbonyl (C=O) groups is 2. The van der Waals surface area contributed by atoms with Gasteiger partial charge in [-0.1, -0.05) is 24.3 Å². The van der Waals surface area contributed by atoms with Crippen molar-refractivity contribution in [3.8, 4) is 5.75 Å². The van der Waals surface area contributed by atoms with E-state index >= 15 is 0 Å². The van der Waals surface area contributed by atoms with E-state index in [0.717, 1.165) is 18.4 Å². The quantitative estimate of drug-likeness (QED) is 0.437. The molecule has 2 aromatic carbocycles. The summed E-state index contributed by atoms with van der Waals surface area (Å²) in [6.45, 7) is 0.856. The van der Waals surface area contributed by atoms with Gasteiger partial charge in [-0.3, -0.25) is 9.59 Å². The first-order chi connectivity index (χ1) is 17.0. The molecule has 182 valence electrons. The average molecular weight is 497 g/mol. The molecule has 1 fully saturated rings. The van der Waals surface area contributed by atoms with Crippen molar-refractivity contribution in [1.29, 1.82) is 0 Å². The number of para-hydroxylation sites is 1. The lowest BCUT2D eigenvalue weighted by molar-refractivity contribution is -0.135. The lowest BCUT2D eigenvalue weighted by Gasteiger charge is -2.37. The maximum atomic E-state index is 14.3. The number of halogens is 2. The summed E-state index contributed by atoms with van der Waals surface area (Å²) in [6.07, 6.45) is 2.70. The van der Waals surface area contributed by atoms with Gasteiger partial charge in [0.2, 0.25) is 5.91 Å². The van der Waals surface area contributed by atoms with Crippen molar-refractivity contribution in [2.75, 3.05) is 26.2 Å². The van der Waals surface area contributed by atoms with Crippen molar-refractivity contribution in [3.63, 3.8) is 0 Å². The lowest BCUT2D eigenvalue weighted by Crippen LogP contribution is -2.48. The second-order valence-electron chi connectivity index (χ2n) is 9.00. The van der Waals surface area contributed by atoms with Gasteiger partial charge in [-0.15, -0.1) is 11.3 Å². The van der Waals surface area contributed by atoms with Crippen molar-refractivity contribution in [2.45, 2.75) is 25.3 Å². The van der Waals surface area contributed by atoms with Gasteiger partial charge in [-0.05, 0) is 66.5 Å². The van der Waals surface area contributed by atoms with Crippen LogP contribution < -0.4 is 4.74 Å². The standard InChI is InChI=1S/C27H26F2N2O3S/c28-21-6-2-1-5-19(21)27(33)30(15-18-9-10-18)16-26(32)31-13-11-25-20(12-14-35-25)23(31)17-34-24-8-4-3-7-22(24)29/h1-8,12,14,18,23H,9-11,13,15-17H2. The third-order valence-electron chi connectivity index (χ3n) is 6.54. The summed E-state index contributed by atoms with van der Waals surface area (Å²) in [5, 5.41) is 1.98. The molecular weight excluding hydrogens is 470 g/mol. The zero-order chi connectivity index (χ0) is 24.4. The molecule has 1 aliphatic carbocycles. The first kappa shape index (κ1) is 23.5. The van der Waals surface area contributed by atoms with Gasteiger partial charge in [-0.2, -0.15) is 0 Å². The molecule has 0 bridgehead atoms. The Hall–Kier alpha value is -3.26. The van der Waals surface area contributed by atoms with E-state index in [1.54, 1.807) is 40.5 Å². The van der Waals surface area contributed by atoms with Crippen molar-refractivity contribution >= 4 is 23.2 Å². The highest BCUT2D eigenvalue weighted by molar-refractivity contribution is 7.10. The molecule has 1 aliphatic heterocycles. The molecule has 1 aromatic heterocycles. The van der Waals surface area contributed by atoms with Gasteiger partial charge in [0.25, 0.3) is 5.91 Å². The number of benzene rings is 2. The van der Waals surface area contributed by atoms with Crippen LogP contribution in [0.15, 0.2) is 60.0 Å². The number of carbonyl (C=O) groups excluding carboxylic acids is 2. The zero-order valence-electron chi connectivity index (χ0n) is 19.2. The highest BCUT2D eigenvalue weighted by atomic mass is 32.1. The van der Waals surface area contributed by atoms with Gasteiger partial charge in [0.15, 0.2) is 11.6 Å². The molecule has 0 radical (unpaired) electrons. The number of hydrogen-bond acceptors (Lipinski definition) is 4. The Bertz CT molecular complexity index is 1230. The second kappa shape index (κ2) is 10.2. The van der Waals surface area contributed by atoms with E-state index in [4.69, 9.17) is 4.74 Å². The summed E-state index contributed by atoms with van der Waals surface area (Å²) < 4.78 is 34.3. The van der Waals surface area contributed by atoms with Crippen LogP contribution in [-0.4, -0.2) is 47.9 Å². The minimum atomic E-state index is -0.595. The Morgan fingerprint density at radius 2 is 1.77 bits per heavy atom. The van der Waals surface area contributed by atoms with Gasteiger partial charge in [0, 0.05) is 18.0 Å². The average Bonchev–Trinajstić information content (AvgIpc) is 3.55. The van der Waals surface area contributed by atoms with Crippen LogP contribution in [-0.2, 0) is 11.2 Å². The molecule has 1 saturated carbocycles. The van der Waals surface area contributed by atoms with Crippen molar-refractivity contribution in [1.82, 2.24) is 9.80 Å². The van der Waals surface area contributed by atoms with Crippen LogP contribution in [0.3, 0.4) is 0 Å². The molecule has 8 heteroatoms. The van der Waals surface area contributed by atoms with Crippen LogP contribution in [0.25, 0.3) is 0 Å². The summed E-state index contributed by atoms with van der Waals surface area (Å²) >= 11 is 1.63.